The Hall–Kier alpha value is -0.123. The number of allylic oxidation sites excluding steroid dienone is 1. The van der Waals surface area contributed by atoms with Crippen molar-refractivity contribution in [1.29, 1.82) is 0 Å². The third kappa shape index (κ3) is 19.8. The predicted molar refractivity (Wildman–Crippen MR) is 106 cm³/mol. The van der Waals surface area contributed by atoms with Gasteiger partial charge in [0.2, 0.25) is 0 Å². The molecule has 0 amide bonds. The van der Waals surface area contributed by atoms with E-state index in [2.05, 4.69) is 13.5 Å². The maximum absolute atomic E-state index is 5.69. The summed E-state index contributed by atoms with van der Waals surface area (Å²) in [7, 11) is 0.820. The van der Waals surface area contributed by atoms with E-state index in [4.69, 9.17) is 9.16 Å². The molecule has 0 bridgehead atoms. The zero-order valence-corrected chi connectivity index (χ0v) is 18.0. The van der Waals surface area contributed by atoms with Crippen molar-refractivity contribution in [1.82, 2.24) is 0 Å². The fourth-order valence-corrected chi connectivity index (χ4v) is 3.07. The number of ether oxygens (including phenoxy) is 1. The summed E-state index contributed by atoms with van der Waals surface area (Å²) in [6.07, 6.45) is 21.7. The maximum atomic E-state index is 5.69. The topological polar surface area (TPSA) is 18.5 Å². The van der Waals surface area contributed by atoms with E-state index < -0.39 is 0 Å². The second-order valence-electron chi connectivity index (χ2n) is 6.78. The van der Waals surface area contributed by atoms with E-state index in [-0.39, 0.29) is 0 Å². The molecule has 0 aromatic rings. The van der Waals surface area contributed by atoms with E-state index in [1.807, 2.05) is 6.08 Å². The minimum atomic E-state index is 0.401. The van der Waals surface area contributed by atoms with Gasteiger partial charge < -0.3 is 9.16 Å². The van der Waals surface area contributed by atoms with E-state index in [0.29, 0.717) is 6.10 Å². The van der Waals surface area contributed by atoms with Crippen molar-refractivity contribution in [2.45, 2.75) is 103 Å². The summed E-state index contributed by atoms with van der Waals surface area (Å²) in [6, 6.07) is 0. The van der Waals surface area contributed by atoms with E-state index in [9.17, 15) is 0 Å². The molecule has 1 atom stereocenters. The normalized spacial score (nSPS) is 12.6. The summed E-state index contributed by atoms with van der Waals surface area (Å²) in [6.45, 7) is 7.49. The van der Waals surface area contributed by atoms with Crippen molar-refractivity contribution in [2.24, 2.45) is 0 Å². The average molecular weight is 343 g/mol. The lowest BCUT2D eigenvalue weighted by molar-refractivity contribution is 0.0400. The van der Waals surface area contributed by atoms with Crippen LogP contribution in [0.4, 0.5) is 0 Å². The van der Waals surface area contributed by atoms with E-state index in [0.717, 1.165) is 23.7 Å². The summed E-state index contributed by atoms with van der Waals surface area (Å²) in [5, 5.41) is 0. The Morgan fingerprint density at radius 1 is 0.783 bits per heavy atom. The Bertz CT molecular complexity index is 234. The molecule has 0 aromatic heterocycles. The fraction of sp³-hybridized carbons (Fsp3) is 0.900. The number of unbranched alkanes of at least 4 members (excludes halogenated alkanes) is 12. The van der Waals surface area contributed by atoms with Crippen molar-refractivity contribution >= 4 is 10.5 Å². The first-order chi connectivity index (χ1) is 11.3. The van der Waals surface area contributed by atoms with E-state index >= 15 is 0 Å². The average Bonchev–Trinajstić information content (AvgIpc) is 2.55. The highest BCUT2D eigenvalue weighted by atomic mass is 28.2. The zero-order chi connectivity index (χ0) is 17.0. The molecule has 0 aliphatic rings. The van der Waals surface area contributed by atoms with Crippen LogP contribution in [0.15, 0.2) is 12.7 Å². The Labute approximate surface area is 149 Å². The number of hydrogen-bond donors (Lipinski definition) is 0. The SMILES string of the molecule is C=CCCCCCCCCCCCCCCC(C)OCCO[SiH3]. The van der Waals surface area contributed by atoms with Crippen LogP contribution in [-0.4, -0.2) is 29.8 Å². The highest BCUT2D eigenvalue weighted by Crippen LogP contribution is 2.13. The predicted octanol–water partition coefficient (Wildman–Crippen LogP) is 5.34. The fourth-order valence-electron chi connectivity index (χ4n) is 2.90. The minimum absolute atomic E-state index is 0.401. The van der Waals surface area contributed by atoms with Crippen LogP contribution < -0.4 is 0 Å². The molecule has 3 heteroatoms. The largest absolute Gasteiger partial charge is 0.426 e. The molecular weight excluding hydrogens is 300 g/mol. The van der Waals surface area contributed by atoms with Crippen molar-refractivity contribution in [2.75, 3.05) is 13.2 Å². The first kappa shape index (κ1) is 22.9. The van der Waals surface area contributed by atoms with Gasteiger partial charge in [-0.15, -0.1) is 6.58 Å². The van der Waals surface area contributed by atoms with Crippen LogP contribution >= 0.6 is 0 Å². The summed E-state index contributed by atoms with van der Waals surface area (Å²) < 4.78 is 10.8. The second-order valence-corrected chi connectivity index (χ2v) is 7.36. The third-order valence-corrected chi connectivity index (χ3v) is 4.87. The minimum Gasteiger partial charge on any atom is -0.426 e. The molecular formula is C20H42O2Si. The van der Waals surface area contributed by atoms with Gasteiger partial charge in [-0.1, -0.05) is 76.7 Å². The second kappa shape index (κ2) is 19.9. The molecule has 0 heterocycles. The van der Waals surface area contributed by atoms with E-state index in [1.54, 1.807) is 0 Å². The Kier molecular flexibility index (Phi) is 19.8. The van der Waals surface area contributed by atoms with Crippen LogP contribution in [0.2, 0.25) is 0 Å². The van der Waals surface area contributed by atoms with Gasteiger partial charge in [0.15, 0.2) is 0 Å². The number of rotatable bonds is 19. The van der Waals surface area contributed by atoms with Gasteiger partial charge in [-0.25, -0.2) is 0 Å². The number of hydrogen-bond acceptors (Lipinski definition) is 2. The monoisotopic (exact) mass is 342 g/mol. The molecule has 0 fully saturated rings. The molecule has 0 radical (unpaired) electrons. The van der Waals surface area contributed by atoms with Gasteiger partial charge in [0.1, 0.15) is 10.5 Å². The molecule has 1 unspecified atom stereocenters. The molecule has 0 aromatic carbocycles. The van der Waals surface area contributed by atoms with Crippen molar-refractivity contribution in [3.8, 4) is 0 Å². The lowest BCUT2D eigenvalue weighted by Gasteiger charge is -2.12. The molecule has 0 aliphatic carbocycles. The van der Waals surface area contributed by atoms with Gasteiger partial charge in [0.05, 0.1) is 19.3 Å². The molecule has 0 saturated heterocycles. The molecule has 0 aliphatic heterocycles. The molecule has 0 rings (SSSR count). The third-order valence-electron chi connectivity index (χ3n) is 4.46. The van der Waals surface area contributed by atoms with Crippen LogP contribution in [0.1, 0.15) is 96.8 Å². The first-order valence-electron chi connectivity index (χ1n) is 10.0. The molecule has 138 valence electrons. The van der Waals surface area contributed by atoms with Crippen LogP contribution in [0.3, 0.4) is 0 Å². The van der Waals surface area contributed by atoms with Crippen LogP contribution in [-0.2, 0) is 9.16 Å². The lowest BCUT2D eigenvalue weighted by atomic mass is 10.0. The standard InChI is InChI=1S/C20H42O2Si/c1-3-4-5-6-7-8-9-10-11-12-13-14-15-16-17-20(2)21-18-19-22-23/h3,20H,1,4-19H2,2,23H3. The molecule has 0 spiro atoms. The van der Waals surface area contributed by atoms with Crippen molar-refractivity contribution in [3.63, 3.8) is 0 Å². The van der Waals surface area contributed by atoms with Gasteiger partial charge in [-0.05, 0) is 26.2 Å². The Morgan fingerprint density at radius 3 is 1.74 bits per heavy atom. The van der Waals surface area contributed by atoms with Crippen LogP contribution in [0.5, 0.6) is 0 Å². The summed E-state index contributed by atoms with van der Waals surface area (Å²) >= 11 is 0. The Balaban J connectivity index is 3.06. The molecule has 0 saturated carbocycles. The highest BCUT2D eigenvalue weighted by Gasteiger charge is 2.01. The summed E-state index contributed by atoms with van der Waals surface area (Å²) in [4.78, 5) is 0. The highest BCUT2D eigenvalue weighted by molar-refractivity contribution is 5.97. The van der Waals surface area contributed by atoms with Crippen LogP contribution in [0, 0.1) is 0 Å². The first-order valence-corrected chi connectivity index (χ1v) is 10.8. The molecule has 23 heavy (non-hydrogen) atoms. The van der Waals surface area contributed by atoms with Gasteiger partial charge in [0, 0.05) is 0 Å². The van der Waals surface area contributed by atoms with Gasteiger partial charge in [0.25, 0.3) is 0 Å². The Morgan fingerprint density at radius 2 is 1.26 bits per heavy atom. The quantitative estimate of drug-likeness (QED) is 0.179. The lowest BCUT2D eigenvalue weighted by Crippen LogP contribution is -2.12. The molecule has 0 N–H and O–H groups in total. The van der Waals surface area contributed by atoms with Gasteiger partial charge in [-0.3, -0.25) is 0 Å². The van der Waals surface area contributed by atoms with E-state index in [1.165, 1.54) is 89.9 Å². The van der Waals surface area contributed by atoms with Gasteiger partial charge >= 0.3 is 0 Å². The van der Waals surface area contributed by atoms with Crippen molar-refractivity contribution in [3.05, 3.63) is 12.7 Å². The smallest absolute Gasteiger partial charge is 0.146 e. The summed E-state index contributed by atoms with van der Waals surface area (Å²) in [5.41, 5.74) is 0. The summed E-state index contributed by atoms with van der Waals surface area (Å²) in [5.74, 6) is 0. The molecule has 2 nitrogen and oxygen atoms in total. The van der Waals surface area contributed by atoms with Crippen molar-refractivity contribution < 1.29 is 9.16 Å². The van der Waals surface area contributed by atoms with Gasteiger partial charge in [-0.2, -0.15) is 0 Å². The zero-order valence-electron chi connectivity index (χ0n) is 16.0. The van der Waals surface area contributed by atoms with Crippen LogP contribution in [0.25, 0.3) is 0 Å². The maximum Gasteiger partial charge on any atom is 0.146 e.